The van der Waals surface area contributed by atoms with E-state index >= 15 is 0 Å². The number of methoxy groups -OCH3 is 1. The van der Waals surface area contributed by atoms with Crippen LogP contribution in [0.2, 0.25) is 0 Å². The zero-order valence-electron chi connectivity index (χ0n) is 20.1. The Kier molecular flexibility index (Phi) is 6.68. The summed E-state index contributed by atoms with van der Waals surface area (Å²) in [4.78, 5) is 13.8. The number of nitrogens with zero attached hydrogens (tertiary/aromatic N) is 2. The second-order valence-corrected chi connectivity index (χ2v) is 8.88. The van der Waals surface area contributed by atoms with Gasteiger partial charge in [-0.2, -0.15) is 5.26 Å². The van der Waals surface area contributed by atoms with Gasteiger partial charge < -0.3 is 4.74 Å². The molecule has 1 aliphatic carbocycles. The van der Waals surface area contributed by atoms with Gasteiger partial charge in [-0.15, -0.1) is 0 Å². The molecule has 0 spiro atoms. The lowest BCUT2D eigenvalue weighted by molar-refractivity contribution is -0.130. The molecule has 1 amide bonds. The van der Waals surface area contributed by atoms with Gasteiger partial charge in [0.05, 0.1) is 12.8 Å². The molecule has 2 aliphatic rings. The zero-order valence-corrected chi connectivity index (χ0v) is 20.1. The van der Waals surface area contributed by atoms with E-state index in [1.54, 1.807) is 18.2 Å². The largest absolute Gasteiger partial charge is 0.497 e. The average molecular weight is 474 g/mol. The number of carbonyl (C=O) groups excluding carboxylic acids is 1. The first kappa shape index (κ1) is 23.2. The van der Waals surface area contributed by atoms with Crippen molar-refractivity contribution in [3.05, 3.63) is 124 Å². The number of hydrazine groups is 1. The molecule has 1 aliphatic heterocycles. The fourth-order valence-corrected chi connectivity index (χ4v) is 4.87. The van der Waals surface area contributed by atoms with Gasteiger partial charge in [0.15, 0.2) is 0 Å². The molecule has 5 nitrogen and oxygen atoms in total. The van der Waals surface area contributed by atoms with Crippen molar-refractivity contribution < 1.29 is 9.53 Å². The summed E-state index contributed by atoms with van der Waals surface area (Å²) in [6.45, 7) is 0. The third-order valence-electron chi connectivity index (χ3n) is 6.61. The predicted molar refractivity (Wildman–Crippen MR) is 141 cm³/mol. The van der Waals surface area contributed by atoms with Gasteiger partial charge >= 0.3 is 0 Å². The Bertz CT molecular complexity index is 1380. The fraction of sp³-hybridized carbons (Fsp3) is 0.161. The highest BCUT2D eigenvalue weighted by molar-refractivity contribution is 6.02. The molecule has 5 rings (SSSR count). The maximum Gasteiger partial charge on any atom is 0.283 e. The molecule has 1 N–H and O–H groups in total. The summed E-state index contributed by atoms with van der Waals surface area (Å²) >= 11 is 0. The molecule has 0 fully saturated rings. The van der Waals surface area contributed by atoms with Crippen LogP contribution in [0, 0.1) is 11.3 Å². The summed E-state index contributed by atoms with van der Waals surface area (Å²) in [5.41, 5.74) is 9.75. The van der Waals surface area contributed by atoms with E-state index in [-0.39, 0.29) is 17.5 Å². The minimum atomic E-state index is -0.351. The van der Waals surface area contributed by atoms with E-state index in [9.17, 15) is 10.1 Å². The smallest absolute Gasteiger partial charge is 0.283 e. The predicted octanol–water partition coefficient (Wildman–Crippen LogP) is 6.21. The number of carbonyl (C=O) groups is 1. The molecule has 3 aromatic rings. The Labute approximate surface area is 211 Å². The number of nitrogens with one attached hydrogen (secondary N) is 1. The molecule has 1 heterocycles. The lowest BCUT2D eigenvalue weighted by Crippen LogP contribution is -2.40. The lowest BCUT2D eigenvalue weighted by Gasteiger charge is -2.26. The Morgan fingerprint density at radius 2 is 1.67 bits per heavy atom. The highest BCUT2D eigenvalue weighted by atomic mass is 16.5. The van der Waals surface area contributed by atoms with Crippen molar-refractivity contribution in [3.8, 4) is 11.8 Å². The van der Waals surface area contributed by atoms with Crippen molar-refractivity contribution in [3.63, 3.8) is 0 Å². The molecule has 178 valence electrons. The summed E-state index contributed by atoms with van der Waals surface area (Å²) in [5, 5.41) is 11.6. The van der Waals surface area contributed by atoms with E-state index in [2.05, 4.69) is 29.7 Å². The molecular weight excluding hydrogens is 446 g/mol. The SMILES string of the molecule is COc1ccc(/C=C(\C#N)C(=O)N2NC3=C(CCC/C3=C\c3ccccc3)[C@H]2c2ccccc2)cc1. The topological polar surface area (TPSA) is 65.4 Å². The summed E-state index contributed by atoms with van der Waals surface area (Å²) in [5.74, 6) is 0.368. The molecule has 3 aromatic carbocycles. The molecule has 0 aromatic heterocycles. The number of benzene rings is 3. The first-order valence-corrected chi connectivity index (χ1v) is 12.1. The number of ether oxygens (including phenoxy) is 1. The van der Waals surface area contributed by atoms with E-state index in [1.165, 1.54) is 11.1 Å². The van der Waals surface area contributed by atoms with Crippen LogP contribution >= 0.6 is 0 Å². The number of rotatable bonds is 5. The van der Waals surface area contributed by atoms with Gasteiger partial charge in [0, 0.05) is 0 Å². The Morgan fingerprint density at radius 3 is 2.33 bits per heavy atom. The van der Waals surface area contributed by atoms with Crippen molar-refractivity contribution >= 4 is 18.1 Å². The Morgan fingerprint density at radius 1 is 0.972 bits per heavy atom. The first-order chi connectivity index (χ1) is 17.7. The van der Waals surface area contributed by atoms with Crippen LogP contribution in [0.4, 0.5) is 0 Å². The molecule has 1 atom stereocenters. The lowest BCUT2D eigenvalue weighted by atomic mass is 9.86. The van der Waals surface area contributed by atoms with Crippen LogP contribution in [-0.4, -0.2) is 18.0 Å². The van der Waals surface area contributed by atoms with Crippen LogP contribution in [0.15, 0.2) is 107 Å². The fourth-order valence-electron chi connectivity index (χ4n) is 4.87. The molecule has 0 unspecified atom stereocenters. The minimum Gasteiger partial charge on any atom is -0.497 e. The second kappa shape index (κ2) is 10.4. The van der Waals surface area contributed by atoms with Gasteiger partial charge in [-0.1, -0.05) is 72.8 Å². The van der Waals surface area contributed by atoms with Crippen molar-refractivity contribution in [2.45, 2.75) is 25.3 Å². The number of amides is 1. The summed E-state index contributed by atoms with van der Waals surface area (Å²) in [6, 6.07) is 29.4. The molecule has 0 saturated heterocycles. The number of hydrogen-bond donors (Lipinski definition) is 1. The van der Waals surface area contributed by atoms with Gasteiger partial charge in [0.1, 0.15) is 23.4 Å². The molecule has 36 heavy (non-hydrogen) atoms. The summed E-state index contributed by atoms with van der Waals surface area (Å²) in [6.07, 6.45) is 6.65. The van der Waals surface area contributed by atoms with Gasteiger partial charge in [0.2, 0.25) is 0 Å². The Hall–Kier alpha value is -4.56. The van der Waals surface area contributed by atoms with Gasteiger partial charge in [-0.25, -0.2) is 5.01 Å². The van der Waals surface area contributed by atoms with E-state index in [0.717, 1.165) is 47.4 Å². The van der Waals surface area contributed by atoms with E-state index in [4.69, 9.17) is 4.74 Å². The van der Waals surface area contributed by atoms with Crippen LogP contribution in [-0.2, 0) is 4.79 Å². The highest BCUT2D eigenvalue weighted by Gasteiger charge is 2.40. The number of hydrogen-bond acceptors (Lipinski definition) is 4. The molecular formula is C31H27N3O2. The number of nitriles is 1. The van der Waals surface area contributed by atoms with E-state index in [0.29, 0.717) is 0 Å². The van der Waals surface area contributed by atoms with Crippen molar-refractivity contribution in [1.82, 2.24) is 10.4 Å². The zero-order chi connectivity index (χ0) is 24.9. The van der Waals surface area contributed by atoms with Crippen molar-refractivity contribution in [2.75, 3.05) is 7.11 Å². The average Bonchev–Trinajstić information content (AvgIpc) is 3.33. The van der Waals surface area contributed by atoms with Crippen molar-refractivity contribution in [1.29, 1.82) is 5.26 Å². The monoisotopic (exact) mass is 473 g/mol. The quantitative estimate of drug-likeness (QED) is 0.353. The molecule has 0 saturated carbocycles. The van der Waals surface area contributed by atoms with Gasteiger partial charge in [-0.3, -0.25) is 10.2 Å². The van der Waals surface area contributed by atoms with Gasteiger partial charge in [0.25, 0.3) is 5.91 Å². The van der Waals surface area contributed by atoms with E-state index in [1.807, 2.05) is 72.8 Å². The van der Waals surface area contributed by atoms with Crippen LogP contribution in [0.1, 0.15) is 42.0 Å². The third-order valence-corrected chi connectivity index (χ3v) is 6.61. The van der Waals surface area contributed by atoms with Crippen molar-refractivity contribution in [2.24, 2.45) is 0 Å². The molecule has 5 heteroatoms. The summed E-state index contributed by atoms with van der Waals surface area (Å²) in [7, 11) is 1.60. The second-order valence-electron chi connectivity index (χ2n) is 8.88. The standard InChI is InChI=1S/C31H27N3O2/c1-36-27-17-15-23(16-18-27)20-26(21-32)31(35)34-30(24-11-6-3-7-12-24)28-14-8-13-25(29(28)33-34)19-22-9-4-2-5-10-22/h2-7,9-12,15-20,30,33H,8,13-14H2,1H3/b25-19+,26-20+/t30-/m1/s1. The maximum atomic E-state index is 13.8. The third kappa shape index (κ3) is 4.67. The first-order valence-electron chi connectivity index (χ1n) is 12.1. The van der Waals surface area contributed by atoms with Crippen LogP contribution < -0.4 is 10.2 Å². The highest BCUT2D eigenvalue weighted by Crippen LogP contribution is 2.44. The van der Waals surface area contributed by atoms with Crippen LogP contribution in [0.5, 0.6) is 5.75 Å². The van der Waals surface area contributed by atoms with Gasteiger partial charge in [-0.05, 0) is 71.4 Å². The number of allylic oxidation sites excluding steroid dienone is 1. The Balaban J connectivity index is 1.53. The molecule has 0 bridgehead atoms. The maximum absolute atomic E-state index is 13.8. The van der Waals surface area contributed by atoms with E-state index < -0.39 is 0 Å². The van der Waals surface area contributed by atoms with Crippen LogP contribution in [0.25, 0.3) is 12.2 Å². The minimum absolute atomic E-state index is 0.0713. The normalized spacial score (nSPS) is 18.4. The van der Waals surface area contributed by atoms with Crippen LogP contribution in [0.3, 0.4) is 0 Å². The summed E-state index contributed by atoms with van der Waals surface area (Å²) < 4.78 is 5.22. The molecule has 0 radical (unpaired) electrons.